The van der Waals surface area contributed by atoms with E-state index < -0.39 is 5.97 Å². The molecule has 1 aliphatic carbocycles. The van der Waals surface area contributed by atoms with Crippen LogP contribution in [0.1, 0.15) is 30.5 Å². The molecule has 0 aromatic carbocycles. The first kappa shape index (κ1) is 10.7. The molecule has 0 atom stereocenters. The van der Waals surface area contributed by atoms with E-state index >= 15 is 0 Å². The van der Waals surface area contributed by atoms with Crippen molar-refractivity contribution in [1.29, 1.82) is 0 Å². The van der Waals surface area contributed by atoms with Crippen LogP contribution in [0, 0.1) is 0 Å². The van der Waals surface area contributed by atoms with Crippen LogP contribution in [0.25, 0.3) is 0 Å². The van der Waals surface area contributed by atoms with Gasteiger partial charge in [0.25, 0.3) is 5.91 Å². The standard InChI is InChI=1S/C12H13NO3/c14-11(13-7-3-4-8-13)9-5-1-2-6-10(9)12(15)16/h3-4,7-8H,1-2,5-6H2,(H,15,16). The molecule has 0 fully saturated rings. The number of nitrogens with zero attached hydrogens (tertiary/aromatic N) is 1. The minimum Gasteiger partial charge on any atom is -0.478 e. The SMILES string of the molecule is O=C(O)C1=C(C(=O)n2cccc2)CCCC1. The van der Waals surface area contributed by atoms with E-state index in [9.17, 15) is 9.59 Å². The predicted molar refractivity (Wildman–Crippen MR) is 58.2 cm³/mol. The Morgan fingerprint density at radius 2 is 1.62 bits per heavy atom. The highest BCUT2D eigenvalue weighted by atomic mass is 16.4. The first-order chi connectivity index (χ1) is 7.70. The summed E-state index contributed by atoms with van der Waals surface area (Å²) < 4.78 is 1.43. The second-order valence-electron chi connectivity index (χ2n) is 3.86. The Bertz CT molecular complexity index is 443. The van der Waals surface area contributed by atoms with Gasteiger partial charge in [0.1, 0.15) is 0 Å². The summed E-state index contributed by atoms with van der Waals surface area (Å²) in [7, 11) is 0. The Morgan fingerprint density at radius 3 is 2.19 bits per heavy atom. The van der Waals surface area contributed by atoms with Crippen LogP contribution in [0.5, 0.6) is 0 Å². The lowest BCUT2D eigenvalue weighted by molar-refractivity contribution is -0.133. The van der Waals surface area contributed by atoms with Crippen LogP contribution in [0.3, 0.4) is 0 Å². The molecule has 1 N–H and O–H groups in total. The zero-order valence-electron chi connectivity index (χ0n) is 8.85. The molecule has 0 amide bonds. The number of hydrogen-bond donors (Lipinski definition) is 1. The quantitative estimate of drug-likeness (QED) is 0.828. The van der Waals surface area contributed by atoms with Gasteiger partial charge in [-0.05, 0) is 37.8 Å². The Labute approximate surface area is 93.2 Å². The second-order valence-corrected chi connectivity index (χ2v) is 3.86. The van der Waals surface area contributed by atoms with Gasteiger partial charge in [-0.15, -0.1) is 0 Å². The lowest BCUT2D eigenvalue weighted by Gasteiger charge is -2.16. The number of aliphatic carboxylic acids is 1. The molecule has 84 valence electrons. The van der Waals surface area contributed by atoms with Gasteiger partial charge in [0.2, 0.25) is 0 Å². The molecule has 1 aromatic rings. The van der Waals surface area contributed by atoms with E-state index in [1.807, 2.05) is 0 Å². The number of carbonyl (C=O) groups excluding carboxylic acids is 1. The summed E-state index contributed by atoms with van der Waals surface area (Å²) >= 11 is 0. The monoisotopic (exact) mass is 219 g/mol. The highest BCUT2D eigenvalue weighted by molar-refractivity contribution is 6.03. The summed E-state index contributed by atoms with van der Waals surface area (Å²) in [4.78, 5) is 23.0. The Morgan fingerprint density at radius 1 is 1.06 bits per heavy atom. The number of aromatic nitrogens is 1. The molecule has 0 saturated carbocycles. The lowest BCUT2D eigenvalue weighted by Crippen LogP contribution is -2.19. The molecule has 0 aliphatic heterocycles. The van der Waals surface area contributed by atoms with Gasteiger partial charge in [-0.25, -0.2) is 4.79 Å². The summed E-state index contributed by atoms with van der Waals surface area (Å²) in [6.07, 6.45) is 6.09. The van der Waals surface area contributed by atoms with Crippen LogP contribution in [-0.2, 0) is 4.79 Å². The lowest BCUT2D eigenvalue weighted by atomic mass is 9.91. The van der Waals surface area contributed by atoms with E-state index in [2.05, 4.69) is 0 Å². The van der Waals surface area contributed by atoms with Crippen molar-refractivity contribution in [3.8, 4) is 0 Å². The van der Waals surface area contributed by atoms with Crippen molar-refractivity contribution in [3.63, 3.8) is 0 Å². The zero-order valence-corrected chi connectivity index (χ0v) is 8.85. The zero-order chi connectivity index (χ0) is 11.5. The molecule has 2 rings (SSSR count). The fourth-order valence-corrected chi connectivity index (χ4v) is 2.00. The molecule has 0 spiro atoms. The molecule has 4 nitrogen and oxygen atoms in total. The molecule has 1 aromatic heterocycles. The van der Waals surface area contributed by atoms with E-state index in [0.717, 1.165) is 12.8 Å². The van der Waals surface area contributed by atoms with Gasteiger partial charge in [-0.1, -0.05) is 0 Å². The van der Waals surface area contributed by atoms with Crippen LogP contribution in [-0.4, -0.2) is 21.6 Å². The van der Waals surface area contributed by atoms with Gasteiger partial charge in [-0.3, -0.25) is 9.36 Å². The molecule has 0 saturated heterocycles. The maximum atomic E-state index is 12.0. The minimum absolute atomic E-state index is 0.206. The van der Waals surface area contributed by atoms with E-state index in [1.165, 1.54) is 4.57 Å². The van der Waals surface area contributed by atoms with Crippen molar-refractivity contribution >= 4 is 11.9 Å². The third kappa shape index (κ3) is 1.91. The number of carboxylic acid groups (broad SMARTS) is 1. The molecule has 4 heteroatoms. The fraction of sp³-hybridized carbons (Fsp3) is 0.333. The van der Waals surface area contributed by atoms with Crippen LogP contribution >= 0.6 is 0 Å². The van der Waals surface area contributed by atoms with Gasteiger partial charge < -0.3 is 5.11 Å². The van der Waals surface area contributed by atoms with Gasteiger partial charge in [-0.2, -0.15) is 0 Å². The van der Waals surface area contributed by atoms with Crippen molar-refractivity contribution in [3.05, 3.63) is 35.7 Å². The Kier molecular flexibility index (Phi) is 2.90. The molecular weight excluding hydrogens is 206 g/mol. The Balaban J connectivity index is 2.37. The van der Waals surface area contributed by atoms with Crippen LogP contribution < -0.4 is 0 Å². The number of carbonyl (C=O) groups is 2. The van der Waals surface area contributed by atoms with Gasteiger partial charge in [0.05, 0.1) is 0 Å². The first-order valence-corrected chi connectivity index (χ1v) is 5.33. The van der Waals surface area contributed by atoms with Gasteiger partial charge in [0.15, 0.2) is 0 Å². The molecule has 0 unspecified atom stereocenters. The second kappa shape index (κ2) is 4.35. The van der Waals surface area contributed by atoms with E-state index in [-0.39, 0.29) is 11.5 Å². The normalized spacial score (nSPS) is 16.2. The number of hydrogen-bond acceptors (Lipinski definition) is 2. The van der Waals surface area contributed by atoms with Crippen molar-refractivity contribution in [2.24, 2.45) is 0 Å². The summed E-state index contributed by atoms with van der Waals surface area (Å²) in [5.41, 5.74) is 0.736. The van der Waals surface area contributed by atoms with Crippen molar-refractivity contribution < 1.29 is 14.7 Å². The summed E-state index contributed by atoms with van der Waals surface area (Å²) in [5, 5.41) is 9.04. The largest absolute Gasteiger partial charge is 0.478 e. The number of allylic oxidation sites excluding steroid dienone is 1. The Hall–Kier alpha value is -1.84. The topological polar surface area (TPSA) is 59.3 Å². The van der Waals surface area contributed by atoms with Crippen molar-refractivity contribution in [2.45, 2.75) is 25.7 Å². The summed E-state index contributed by atoms with van der Waals surface area (Å²) in [6.45, 7) is 0. The number of carboxylic acids is 1. The van der Waals surface area contributed by atoms with Crippen LogP contribution in [0.2, 0.25) is 0 Å². The number of rotatable bonds is 2. The third-order valence-corrected chi connectivity index (χ3v) is 2.82. The summed E-state index contributed by atoms with van der Waals surface area (Å²) in [5.74, 6) is -1.17. The highest BCUT2D eigenvalue weighted by Crippen LogP contribution is 2.26. The fourth-order valence-electron chi connectivity index (χ4n) is 2.00. The molecule has 0 radical (unpaired) electrons. The molecule has 0 bridgehead atoms. The van der Waals surface area contributed by atoms with E-state index in [4.69, 9.17) is 5.11 Å². The van der Waals surface area contributed by atoms with Crippen LogP contribution in [0.4, 0.5) is 0 Å². The molecular formula is C12H13NO3. The predicted octanol–water partition coefficient (Wildman–Crippen LogP) is 2.08. The van der Waals surface area contributed by atoms with Crippen LogP contribution in [0.15, 0.2) is 35.7 Å². The smallest absolute Gasteiger partial charge is 0.332 e. The van der Waals surface area contributed by atoms with E-state index in [0.29, 0.717) is 18.4 Å². The minimum atomic E-state index is -0.963. The van der Waals surface area contributed by atoms with Crippen molar-refractivity contribution in [2.75, 3.05) is 0 Å². The third-order valence-electron chi connectivity index (χ3n) is 2.82. The first-order valence-electron chi connectivity index (χ1n) is 5.33. The molecule has 1 aliphatic rings. The van der Waals surface area contributed by atoms with Gasteiger partial charge in [0, 0.05) is 23.5 Å². The van der Waals surface area contributed by atoms with Gasteiger partial charge >= 0.3 is 5.97 Å². The van der Waals surface area contributed by atoms with E-state index in [1.54, 1.807) is 24.5 Å². The summed E-state index contributed by atoms with van der Waals surface area (Å²) in [6, 6.07) is 3.50. The molecule has 16 heavy (non-hydrogen) atoms. The average molecular weight is 219 g/mol. The van der Waals surface area contributed by atoms with Crippen molar-refractivity contribution in [1.82, 2.24) is 4.57 Å². The molecule has 1 heterocycles. The maximum Gasteiger partial charge on any atom is 0.332 e. The highest BCUT2D eigenvalue weighted by Gasteiger charge is 2.23. The average Bonchev–Trinajstić information content (AvgIpc) is 2.81. The maximum absolute atomic E-state index is 12.0.